The van der Waals surface area contributed by atoms with Crippen LogP contribution in [0.3, 0.4) is 0 Å². The summed E-state index contributed by atoms with van der Waals surface area (Å²) in [7, 11) is 3.02. The number of nitrogens with one attached hydrogen (secondary N) is 1. The number of ether oxygens (including phenoxy) is 2. The molecule has 0 aromatic heterocycles. The molecule has 0 saturated heterocycles. The molecule has 1 aromatic carbocycles. The predicted octanol–water partition coefficient (Wildman–Crippen LogP) is 1.76. The van der Waals surface area contributed by atoms with Gasteiger partial charge in [-0.1, -0.05) is 15.9 Å². The van der Waals surface area contributed by atoms with E-state index in [0.717, 1.165) is 10.0 Å². The molecule has 5 nitrogen and oxygen atoms in total. The number of carbonyl (C=O) groups excluding carboxylic acids is 2. The Morgan fingerprint density at radius 2 is 2.16 bits per heavy atom. The van der Waals surface area contributed by atoms with E-state index in [2.05, 4.69) is 21.2 Å². The summed E-state index contributed by atoms with van der Waals surface area (Å²) >= 11 is 3.33. The second-order valence-electron chi connectivity index (χ2n) is 3.50. The summed E-state index contributed by atoms with van der Waals surface area (Å²) in [4.78, 5) is 22.3. The second kappa shape index (κ2) is 7.58. The quantitative estimate of drug-likeness (QED) is 0.661. The first-order chi connectivity index (χ1) is 9.06. The fourth-order valence-electron chi connectivity index (χ4n) is 1.25. The Bertz CT molecular complexity index is 499. The monoisotopic (exact) mass is 327 g/mol. The van der Waals surface area contributed by atoms with E-state index in [1.54, 1.807) is 25.3 Å². The van der Waals surface area contributed by atoms with Crippen LogP contribution in [0.2, 0.25) is 0 Å². The van der Waals surface area contributed by atoms with Crippen LogP contribution in [0.15, 0.2) is 28.7 Å². The molecule has 1 rings (SSSR count). The number of rotatable bonds is 5. The normalized spacial score (nSPS) is 10.3. The van der Waals surface area contributed by atoms with Crippen LogP contribution in [0.4, 0.5) is 0 Å². The third-order valence-corrected chi connectivity index (χ3v) is 2.71. The molecule has 0 heterocycles. The Hall–Kier alpha value is -1.82. The van der Waals surface area contributed by atoms with E-state index in [0.29, 0.717) is 5.75 Å². The summed E-state index contributed by atoms with van der Waals surface area (Å²) in [5.41, 5.74) is 0.730. The molecule has 1 aromatic rings. The van der Waals surface area contributed by atoms with Crippen LogP contribution in [0, 0.1) is 0 Å². The maximum Gasteiger partial charge on any atom is 0.331 e. The van der Waals surface area contributed by atoms with Crippen molar-refractivity contribution in [3.8, 4) is 5.75 Å². The minimum atomic E-state index is -0.592. The van der Waals surface area contributed by atoms with E-state index in [1.165, 1.54) is 13.1 Å². The van der Waals surface area contributed by atoms with Gasteiger partial charge in [-0.15, -0.1) is 0 Å². The van der Waals surface area contributed by atoms with Gasteiger partial charge in [0.2, 0.25) is 0 Å². The van der Waals surface area contributed by atoms with Crippen molar-refractivity contribution >= 4 is 33.9 Å². The molecular formula is C13H14BrNO4. The topological polar surface area (TPSA) is 64.6 Å². The first-order valence-corrected chi connectivity index (χ1v) is 6.25. The molecule has 1 amide bonds. The van der Waals surface area contributed by atoms with Crippen molar-refractivity contribution in [3.63, 3.8) is 0 Å². The molecule has 0 aliphatic carbocycles. The molecule has 0 atom stereocenters. The van der Waals surface area contributed by atoms with Gasteiger partial charge in [-0.2, -0.15) is 0 Å². The van der Waals surface area contributed by atoms with Crippen molar-refractivity contribution in [2.75, 3.05) is 20.8 Å². The highest BCUT2D eigenvalue weighted by atomic mass is 79.9. The second-order valence-corrected chi connectivity index (χ2v) is 4.42. The lowest BCUT2D eigenvalue weighted by Gasteiger charge is -2.05. The Morgan fingerprint density at radius 1 is 1.42 bits per heavy atom. The summed E-state index contributed by atoms with van der Waals surface area (Å²) in [6, 6.07) is 5.42. The molecule has 0 fully saturated rings. The number of esters is 1. The van der Waals surface area contributed by atoms with Gasteiger partial charge in [0, 0.05) is 23.2 Å². The van der Waals surface area contributed by atoms with E-state index in [4.69, 9.17) is 9.47 Å². The van der Waals surface area contributed by atoms with Crippen molar-refractivity contribution < 1.29 is 19.1 Å². The molecule has 0 radical (unpaired) electrons. The van der Waals surface area contributed by atoms with Crippen LogP contribution in [0.1, 0.15) is 5.56 Å². The Labute approximate surface area is 119 Å². The summed E-state index contributed by atoms with van der Waals surface area (Å²) in [6.45, 7) is -0.296. The maximum atomic E-state index is 11.4. The molecule has 0 unspecified atom stereocenters. The lowest BCUT2D eigenvalue weighted by Crippen LogP contribution is -2.24. The smallest absolute Gasteiger partial charge is 0.331 e. The molecule has 0 bridgehead atoms. The van der Waals surface area contributed by atoms with Gasteiger partial charge >= 0.3 is 5.97 Å². The zero-order valence-electron chi connectivity index (χ0n) is 10.6. The molecule has 0 aliphatic heterocycles. The summed E-state index contributed by atoms with van der Waals surface area (Å²) in [5.74, 6) is -0.314. The first-order valence-electron chi connectivity index (χ1n) is 5.45. The van der Waals surface area contributed by atoms with Crippen LogP contribution in [-0.4, -0.2) is 32.6 Å². The van der Waals surface area contributed by atoms with Crippen molar-refractivity contribution in [3.05, 3.63) is 34.3 Å². The minimum absolute atomic E-state index is 0.296. The van der Waals surface area contributed by atoms with Crippen molar-refractivity contribution in [2.45, 2.75) is 0 Å². The molecule has 1 N–H and O–H groups in total. The average Bonchev–Trinajstić information content (AvgIpc) is 2.42. The largest absolute Gasteiger partial charge is 0.496 e. The fraction of sp³-hybridized carbons (Fsp3) is 0.231. The molecule has 6 heteroatoms. The first kappa shape index (κ1) is 15.2. The van der Waals surface area contributed by atoms with Crippen LogP contribution < -0.4 is 10.1 Å². The molecular weight excluding hydrogens is 314 g/mol. The number of amides is 1. The summed E-state index contributed by atoms with van der Waals surface area (Å²) < 4.78 is 10.8. The highest BCUT2D eigenvalue weighted by Crippen LogP contribution is 2.24. The number of methoxy groups -OCH3 is 1. The van der Waals surface area contributed by atoms with Gasteiger partial charge in [-0.3, -0.25) is 4.79 Å². The predicted molar refractivity (Wildman–Crippen MR) is 74.8 cm³/mol. The van der Waals surface area contributed by atoms with Gasteiger partial charge in [0.15, 0.2) is 6.61 Å². The van der Waals surface area contributed by atoms with Gasteiger partial charge in [0.1, 0.15) is 5.75 Å². The van der Waals surface area contributed by atoms with E-state index in [-0.39, 0.29) is 12.5 Å². The number of carbonyl (C=O) groups is 2. The zero-order valence-corrected chi connectivity index (χ0v) is 12.2. The highest BCUT2D eigenvalue weighted by Gasteiger charge is 2.04. The number of likely N-dealkylation sites (N-methyl/N-ethyl adjacent to an activating group) is 1. The number of hydrogen-bond donors (Lipinski definition) is 1. The average molecular weight is 328 g/mol. The molecule has 0 spiro atoms. The van der Waals surface area contributed by atoms with E-state index < -0.39 is 5.97 Å². The van der Waals surface area contributed by atoms with Gasteiger partial charge in [0.05, 0.1) is 7.11 Å². The Balaban J connectivity index is 2.68. The Kier molecular flexibility index (Phi) is 6.08. The van der Waals surface area contributed by atoms with E-state index in [9.17, 15) is 9.59 Å². The van der Waals surface area contributed by atoms with Crippen molar-refractivity contribution in [1.82, 2.24) is 5.32 Å². The van der Waals surface area contributed by atoms with Gasteiger partial charge < -0.3 is 14.8 Å². The number of hydrogen-bond acceptors (Lipinski definition) is 4. The molecule has 0 aliphatic rings. The van der Waals surface area contributed by atoms with E-state index >= 15 is 0 Å². The lowest BCUT2D eigenvalue weighted by molar-refractivity contribution is -0.143. The highest BCUT2D eigenvalue weighted by molar-refractivity contribution is 9.10. The molecule has 102 valence electrons. The third kappa shape index (κ3) is 5.13. The van der Waals surface area contributed by atoms with E-state index in [1.807, 2.05) is 6.07 Å². The van der Waals surface area contributed by atoms with Crippen LogP contribution >= 0.6 is 15.9 Å². The van der Waals surface area contributed by atoms with Gasteiger partial charge in [0.25, 0.3) is 5.91 Å². The zero-order chi connectivity index (χ0) is 14.3. The summed E-state index contributed by atoms with van der Waals surface area (Å²) in [6.07, 6.45) is 2.81. The van der Waals surface area contributed by atoms with Crippen LogP contribution in [0.25, 0.3) is 6.08 Å². The number of benzene rings is 1. The summed E-state index contributed by atoms with van der Waals surface area (Å²) in [5, 5.41) is 2.35. The standard InChI is InChI=1S/C13H14BrNO4/c1-15-12(16)8-19-13(17)6-3-9-7-10(14)4-5-11(9)18-2/h3-7H,8H2,1-2H3,(H,15,16). The van der Waals surface area contributed by atoms with Crippen molar-refractivity contribution in [2.24, 2.45) is 0 Å². The van der Waals surface area contributed by atoms with Crippen LogP contribution in [-0.2, 0) is 14.3 Å². The molecule has 19 heavy (non-hydrogen) atoms. The van der Waals surface area contributed by atoms with Gasteiger partial charge in [-0.05, 0) is 24.3 Å². The fourth-order valence-corrected chi connectivity index (χ4v) is 1.63. The SMILES string of the molecule is CNC(=O)COC(=O)C=Cc1cc(Br)ccc1OC. The lowest BCUT2D eigenvalue weighted by atomic mass is 10.2. The minimum Gasteiger partial charge on any atom is -0.496 e. The Morgan fingerprint density at radius 3 is 2.79 bits per heavy atom. The van der Waals surface area contributed by atoms with Crippen LogP contribution in [0.5, 0.6) is 5.75 Å². The molecule has 0 saturated carbocycles. The third-order valence-electron chi connectivity index (χ3n) is 2.22. The number of halogens is 1. The van der Waals surface area contributed by atoms with Gasteiger partial charge in [-0.25, -0.2) is 4.79 Å². The maximum absolute atomic E-state index is 11.4. The van der Waals surface area contributed by atoms with Crippen molar-refractivity contribution in [1.29, 1.82) is 0 Å².